The van der Waals surface area contributed by atoms with Crippen molar-refractivity contribution in [2.45, 2.75) is 32.3 Å². The average molecular weight is 245 g/mol. The van der Waals surface area contributed by atoms with E-state index in [2.05, 4.69) is 30.1 Å². The van der Waals surface area contributed by atoms with Crippen LogP contribution in [-0.2, 0) is 0 Å². The van der Waals surface area contributed by atoms with Crippen molar-refractivity contribution < 1.29 is 5.11 Å². The van der Waals surface area contributed by atoms with Crippen LogP contribution in [0.2, 0.25) is 0 Å². The zero-order chi connectivity index (χ0) is 13.2. The molecule has 1 unspecified atom stereocenters. The topological polar surface area (TPSA) is 32.3 Å². The summed E-state index contributed by atoms with van der Waals surface area (Å²) in [5, 5.41) is 13.2. The summed E-state index contributed by atoms with van der Waals surface area (Å²) in [6.45, 7) is 6.16. The van der Waals surface area contributed by atoms with Crippen molar-refractivity contribution in [3.63, 3.8) is 0 Å². The lowest BCUT2D eigenvalue weighted by Gasteiger charge is -2.15. The Morgan fingerprint density at radius 1 is 1.56 bits per heavy atom. The smallest absolute Gasteiger partial charge is 0.0752 e. The molecule has 2 heteroatoms. The minimum atomic E-state index is -0.355. The molecule has 1 atom stereocenters. The molecule has 0 heterocycles. The summed E-state index contributed by atoms with van der Waals surface area (Å²) in [6, 6.07) is 0. The number of hydrogen-bond acceptors (Lipinski definition) is 2. The van der Waals surface area contributed by atoms with Crippen LogP contribution in [-0.4, -0.2) is 17.8 Å². The maximum atomic E-state index is 9.96. The molecule has 0 spiro atoms. The minimum absolute atomic E-state index is 0.355. The van der Waals surface area contributed by atoms with E-state index in [1.165, 1.54) is 5.57 Å². The second-order valence-electron chi connectivity index (χ2n) is 4.34. The first-order chi connectivity index (χ1) is 8.76. The number of allylic oxidation sites excluding steroid dienone is 7. The summed E-state index contributed by atoms with van der Waals surface area (Å²) in [6.07, 6.45) is 16.6. The largest absolute Gasteiger partial charge is 0.391 e. The van der Waals surface area contributed by atoms with Crippen LogP contribution < -0.4 is 5.32 Å². The molecule has 98 valence electrons. The molecule has 0 amide bonds. The fourth-order valence-corrected chi connectivity index (χ4v) is 1.83. The van der Waals surface area contributed by atoms with Crippen LogP contribution in [0.3, 0.4) is 0 Å². The van der Waals surface area contributed by atoms with E-state index in [9.17, 15) is 5.11 Å². The predicted octanol–water partition coefficient (Wildman–Crippen LogP) is 3.25. The lowest BCUT2D eigenvalue weighted by atomic mass is 10.0. The zero-order valence-corrected chi connectivity index (χ0v) is 11.1. The number of hydrogen-bond donors (Lipinski definition) is 2. The van der Waals surface area contributed by atoms with E-state index in [4.69, 9.17) is 0 Å². The lowest BCUT2D eigenvalue weighted by Crippen LogP contribution is -2.26. The Morgan fingerprint density at radius 2 is 2.39 bits per heavy atom. The highest BCUT2D eigenvalue weighted by Crippen LogP contribution is 2.14. The molecule has 0 aromatic carbocycles. The van der Waals surface area contributed by atoms with Gasteiger partial charge in [-0.15, -0.1) is 0 Å². The maximum Gasteiger partial charge on any atom is 0.0752 e. The first-order valence-electron chi connectivity index (χ1n) is 6.49. The Labute approximate surface area is 110 Å². The normalized spacial score (nSPS) is 17.7. The van der Waals surface area contributed by atoms with Gasteiger partial charge in [0.25, 0.3) is 0 Å². The lowest BCUT2D eigenvalue weighted by molar-refractivity contribution is 0.176. The molecule has 0 aliphatic heterocycles. The van der Waals surface area contributed by atoms with Gasteiger partial charge in [0.05, 0.1) is 6.10 Å². The van der Waals surface area contributed by atoms with E-state index < -0.39 is 0 Å². The van der Waals surface area contributed by atoms with Crippen molar-refractivity contribution in [1.82, 2.24) is 5.32 Å². The third kappa shape index (κ3) is 5.69. The molecule has 0 aromatic rings. The third-order valence-electron chi connectivity index (χ3n) is 2.81. The number of rotatable bonds is 7. The maximum absolute atomic E-state index is 9.96. The fourth-order valence-electron chi connectivity index (χ4n) is 1.83. The standard InChI is InChI=1S/C16H23NO/c1-3-5-11-15(4-2)17-13-16(18)12-14-9-7-6-8-10-14/h3-5,7,9-11,16-18H,1,6,8,12-13H2,2H3/b11-5-,15-4+. The second kappa shape index (κ2) is 8.54. The highest BCUT2D eigenvalue weighted by atomic mass is 16.3. The van der Waals surface area contributed by atoms with Gasteiger partial charge in [-0.2, -0.15) is 0 Å². The molecule has 1 aliphatic carbocycles. The first-order valence-corrected chi connectivity index (χ1v) is 6.49. The molecule has 18 heavy (non-hydrogen) atoms. The van der Waals surface area contributed by atoms with Gasteiger partial charge in [0.15, 0.2) is 0 Å². The molecule has 0 aromatic heterocycles. The average Bonchev–Trinajstić information content (AvgIpc) is 2.40. The molecule has 2 N–H and O–H groups in total. The Hall–Kier alpha value is -1.54. The Bertz CT molecular complexity index is 375. The van der Waals surface area contributed by atoms with Gasteiger partial charge in [-0.3, -0.25) is 0 Å². The summed E-state index contributed by atoms with van der Waals surface area (Å²) >= 11 is 0. The van der Waals surface area contributed by atoms with Crippen LogP contribution in [0, 0.1) is 0 Å². The highest BCUT2D eigenvalue weighted by Gasteiger charge is 2.07. The van der Waals surface area contributed by atoms with E-state index in [1.807, 2.05) is 25.2 Å². The van der Waals surface area contributed by atoms with E-state index in [0.29, 0.717) is 13.0 Å². The van der Waals surface area contributed by atoms with Crippen LogP contribution in [0.15, 0.2) is 60.4 Å². The predicted molar refractivity (Wildman–Crippen MR) is 78.2 cm³/mol. The molecule has 0 radical (unpaired) electrons. The van der Waals surface area contributed by atoms with Gasteiger partial charge in [0, 0.05) is 12.2 Å². The van der Waals surface area contributed by atoms with Crippen LogP contribution in [0.1, 0.15) is 26.2 Å². The van der Waals surface area contributed by atoms with Crippen molar-refractivity contribution >= 4 is 0 Å². The molecule has 1 aliphatic rings. The van der Waals surface area contributed by atoms with Crippen LogP contribution in [0.4, 0.5) is 0 Å². The summed E-state index contributed by atoms with van der Waals surface area (Å²) in [5.74, 6) is 0. The van der Waals surface area contributed by atoms with Crippen LogP contribution in [0.25, 0.3) is 0 Å². The Morgan fingerprint density at radius 3 is 3.00 bits per heavy atom. The molecule has 0 bridgehead atoms. The monoisotopic (exact) mass is 245 g/mol. The van der Waals surface area contributed by atoms with Crippen LogP contribution >= 0.6 is 0 Å². The molecule has 2 nitrogen and oxygen atoms in total. The van der Waals surface area contributed by atoms with Gasteiger partial charge in [-0.25, -0.2) is 0 Å². The molecule has 0 saturated carbocycles. The zero-order valence-electron chi connectivity index (χ0n) is 11.1. The Kier molecular flexibility index (Phi) is 6.89. The van der Waals surface area contributed by atoms with E-state index >= 15 is 0 Å². The SMILES string of the molecule is C=C/C=C\C(=C/C)NCC(O)CC1=CCCC=C1. The summed E-state index contributed by atoms with van der Waals surface area (Å²) < 4.78 is 0. The Balaban J connectivity index is 2.33. The van der Waals surface area contributed by atoms with Gasteiger partial charge in [-0.05, 0) is 37.8 Å². The fraction of sp³-hybridized carbons (Fsp3) is 0.375. The van der Waals surface area contributed by atoms with Gasteiger partial charge in [0.2, 0.25) is 0 Å². The van der Waals surface area contributed by atoms with Gasteiger partial charge in [0.1, 0.15) is 0 Å². The molecular weight excluding hydrogens is 222 g/mol. The third-order valence-corrected chi connectivity index (χ3v) is 2.81. The summed E-state index contributed by atoms with van der Waals surface area (Å²) in [7, 11) is 0. The van der Waals surface area contributed by atoms with Gasteiger partial charge in [-0.1, -0.05) is 43.0 Å². The number of aliphatic hydroxyl groups is 1. The molecule has 0 saturated heterocycles. The first kappa shape index (κ1) is 14.5. The minimum Gasteiger partial charge on any atom is -0.391 e. The van der Waals surface area contributed by atoms with Gasteiger partial charge >= 0.3 is 0 Å². The quantitative estimate of drug-likeness (QED) is 0.675. The number of aliphatic hydroxyl groups excluding tert-OH is 1. The molecule has 1 rings (SSSR count). The van der Waals surface area contributed by atoms with Crippen molar-refractivity contribution in [2.24, 2.45) is 0 Å². The van der Waals surface area contributed by atoms with E-state index in [0.717, 1.165) is 18.5 Å². The molecular formula is C16H23NO. The highest BCUT2D eigenvalue weighted by molar-refractivity contribution is 5.23. The van der Waals surface area contributed by atoms with Crippen LogP contribution in [0.5, 0.6) is 0 Å². The van der Waals surface area contributed by atoms with Crippen molar-refractivity contribution in [3.8, 4) is 0 Å². The summed E-state index contributed by atoms with van der Waals surface area (Å²) in [5.41, 5.74) is 2.24. The summed E-state index contributed by atoms with van der Waals surface area (Å²) in [4.78, 5) is 0. The van der Waals surface area contributed by atoms with Crippen molar-refractivity contribution in [1.29, 1.82) is 0 Å². The second-order valence-corrected chi connectivity index (χ2v) is 4.34. The van der Waals surface area contributed by atoms with Crippen molar-refractivity contribution in [3.05, 3.63) is 60.4 Å². The van der Waals surface area contributed by atoms with E-state index in [-0.39, 0.29) is 6.10 Å². The molecule has 0 fully saturated rings. The van der Waals surface area contributed by atoms with Crippen molar-refractivity contribution in [2.75, 3.05) is 6.54 Å². The van der Waals surface area contributed by atoms with Gasteiger partial charge < -0.3 is 10.4 Å². The van der Waals surface area contributed by atoms with E-state index in [1.54, 1.807) is 6.08 Å². The number of nitrogens with one attached hydrogen (secondary N) is 1.